The predicted octanol–water partition coefficient (Wildman–Crippen LogP) is 2.13. The van der Waals surface area contributed by atoms with Crippen LogP contribution in [0.4, 0.5) is 14.5 Å². The number of ether oxygens (including phenoxy) is 1. The zero-order valence-corrected chi connectivity index (χ0v) is 10.00. The van der Waals surface area contributed by atoms with E-state index < -0.39 is 23.2 Å². The maximum absolute atomic E-state index is 13.8. The molecule has 0 heterocycles. The number of hydrogen-bond donors (Lipinski definition) is 1. The predicted molar refractivity (Wildman–Crippen MR) is 61.4 cm³/mol. The van der Waals surface area contributed by atoms with Crippen molar-refractivity contribution >= 4 is 17.4 Å². The number of carbonyl (C=O) groups is 2. The Labute approximate surface area is 103 Å². The van der Waals surface area contributed by atoms with Gasteiger partial charge in [-0.3, -0.25) is 4.79 Å². The van der Waals surface area contributed by atoms with Gasteiger partial charge in [0.1, 0.15) is 0 Å². The van der Waals surface area contributed by atoms with E-state index in [1.165, 1.54) is 26.0 Å². The van der Waals surface area contributed by atoms with Crippen LogP contribution in [-0.2, 0) is 15.5 Å². The highest BCUT2D eigenvalue weighted by Gasteiger charge is 2.44. The lowest BCUT2D eigenvalue weighted by Crippen LogP contribution is -2.29. The molecular weight excluding hydrogens is 244 g/mol. The first kappa shape index (κ1) is 14.1. The maximum Gasteiger partial charge on any atom is 0.382 e. The Balaban J connectivity index is 3.26. The fraction of sp³-hybridized carbons (Fsp3) is 0.333. The van der Waals surface area contributed by atoms with Crippen LogP contribution in [-0.4, -0.2) is 18.4 Å². The number of rotatable bonds is 4. The summed E-state index contributed by atoms with van der Waals surface area (Å²) in [7, 11) is 0. The second kappa shape index (κ2) is 5.12. The van der Waals surface area contributed by atoms with Crippen molar-refractivity contribution in [2.45, 2.75) is 19.8 Å². The molecule has 1 aromatic carbocycles. The summed E-state index contributed by atoms with van der Waals surface area (Å²) < 4.78 is 31.8. The third-order valence-corrected chi connectivity index (χ3v) is 2.33. The van der Waals surface area contributed by atoms with Crippen molar-refractivity contribution in [1.29, 1.82) is 0 Å². The van der Waals surface area contributed by atoms with Crippen LogP contribution in [0.5, 0.6) is 0 Å². The van der Waals surface area contributed by atoms with Crippen molar-refractivity contribution in [1.82, 2.24) is 0 Å². The zero-order valence-electron chi connectivity index (χ0n) is 10.00. The summed E-state index contributed by atoms with van der Waals surface area (Å²) in [5.41, 5.74) is 4.49. The SMILES string of the molecule is CCOC(=O)C(F)(F)c1cc(C(C)=O)ccc1N. The first-order chi connectivity index (χ1) is 8.30. The second-order valence-electron chi connectivity index (χ2n) is 3.65. The van der Waals surface area contributed by atoms with Crippen LogP contribution in [0, 0.1) is 0 Å². The molecule has 0 spiro atoms. The fourth-order valence-corrected chi connectivity index (χ4v) is 1.38. The normalized spacial score (nSPS) is 11.1. The standard InChI is InChI=1S/C12H13F2NO3/c1-3-18-11(17)12(13,14)9-6-8(7(2)16)4-5-10(9)15/h4-6H,3,15H2,1-2H3. The van der Waals surface area contributed by atoms with Crippen molar-refractivity contribution in [2.75, 3.05) is 12.3 Å². The quantitative estimate of drug-likeness (QED) is 0.509. The highest BCUT2D eigenvalue weighted by molar-refractivity contribution is 5.95. The fourth-order valence-electron chi connectivity index (χ4n) is 1.38. The number of halogens is 2. The van der Waals surface area contributed by atoms with Gasteiger partial charge in [-0.1, -0.05) is 0 Å². The maximum atomic E-state index is 13.8. The molecule has 0 fully saturated rings. The Kier molecular flexibility index (Phi) is 4.00. The zero-order chi connectivity index (χ0) is 13.9. The average molecular weight is 257 g/mol. The number of nitrogen functional groups attached to an aromatic ring is 1. The molecule has 0 amide bonds. The van der Waals surface area contributed by atoms with E-state index in [0.717, 1.165) is 6.07 Å². The molecule has 0 bridgehead atoms. The minimum Gasteiger partial charge on any atom is -0.461 e. The number of anilines is 1. The number of nitrogens with two attached hydrogens (primary N) is 1. The van der Waals surface area contributed by atoms with Gasteiger partial charge in [0.15, 0.2) is 5.78 Å². The van der Waals surface area contributed by atoms with Gasteiger partial charge in [-0.15, -0.1) is 0 Å². The molecule has 0 aliphatic rings. The molecule has 0 radical (unpaired) electrons. The number of ketones is 1. The molecule has 2 N–H and O–H groups in total. The minimum atomic E-state index is -3.87. The molecule has 4 nitrogen and oxygen atoms in total. The summed E-state index contributed by atoms with van der Waals surface area (Å²) >= 11 is 0. The van der Waals surface area contributed by atoms with Gasteiger partial charge < -0.3 is 10.5 Å². The number of alkyl halides is 2. The Hall–Kier alpha value is -1.98. The smallest absolute Gasteiger partial charge is 0.382 e. The van der Waals surface area contributed by atoms with Crippen LogP contribution in [0.3, 0.4) is 0 Å². The number of Topliss-reactive ketones (excluding diaryl/α,β-unsaturated/α-hetero) is 1. The lowest BCUT2D eigenvalue weighted by molar-refractivity contribution is -0.173. The summed E-state index contributed by atoms with van der Waals surface area (Å²) in [6, 6.07) is 3.40. The average Bonchev–Trinajstić information content (AvgIpc) is 2.29. The lowest BCUT2D eigenvalue weighted by atomic mass is 10.0. The highest BCUT2D eigenvalue weighted by Crippen LogP contribution is 2.34. The van der Waals surface area contributed by atoms with Crippen molar-refractivity contribution < 1.29 is 23.1 Å². The van der Waals surface area contributed by atoms with Gasteiger partial charge in [-0.2, -0.15) is 8.78 Å². The third-order valence-electron chi connectivity index (χ3n) is 2.33. The second-order valence-corrected chi connectivity index (χ2v) is 3.65. The summed E-state index contributed by atoms with van der Waals surface area (Å²) in [5, 5.41) is 0. The topological polar surface area (TPSA) is 69.4 Å². The van der Waals surface area contributed by atoms with Crippen LogP contribution in [0.15, 0.2) is 18.2 Å². The largest absolute Gasteiger partial charge is 0.461 e. The van der Waals surface area contributed by atoms with E-state index in [4.69, 9.17) is 5.73 Å². The number of carbonyl (C=O) groups excluding carboxylic acids is 2. The molecule has 18 heavy (non-hydrogen) atoms. The molecule has 0 saturated carbocycles. The lowest BCUT2D eigenvalue weighted by Gasteiger charge is -2.17. The van der Waals surface area contributed by atoms with Crippen molar-refractivity contribution in [3.8, 4) is 0 Å². The summed E-state index contributed by atoms with van der Waals surface area (Å²) in [6.07, 6.45) is 0. The van der Waals surface area contributed by atoms with E-state index in [1.54, 1.807) is 0 Å². The molecule has 98 valence electrons. The van der Waals surface area contributed by atoms with Gasteiger partial charge in [-0.05, 0) is 32.0 Å². The van der Waals surface area contributed by atoms with Crippen molar-refractivity contribution in [3.63, 3.8) is 0 Å². The van der Waals surface area contributed by atoms with Gasteiger partial charge in [0.05, 0.1) is 12.2 Å². The number of esters is 1. The van der Waals surface area contributed by atoms with E-state index >= 15 is 0 Å². The van der Waals surface area contributed by atoms with E-state index in [-0.39, 0.29) is 17.9 Å². The van der Waals surface area contributed by atoms with Gasteiger partial charge in [-0.25, -0.2) is 4.79 Å². The van der Waals surface area contributed by atoms with E-state index in [0.29, 0.717) is 0 Å². The molecule has 0 saturated heterocycles. The van der Waals surface area contributed by atoms with Crippen molar-refractivity contribution in [2.24, 2.45) is 0 Å². The highest BCUT2D eigenvalue weighted by atomic mass is 19.3. The molecule has 0 aliphatic carbocycles. The van der Waals surface area contributed by atoms with Gasteiger partial charge >= 0.3 is 11.9 Å². The van der Waals surface area contributed by atoms with Gasteiger partial charge in [0.2, 0.25) is 0 Å². The van der Waals surface area contributed by atoms with Crippen molar-refractivity contribution in [3.05, 3.63) is 29.3 Å². The minimum absolute atomic E-state index is 0.0585. The van der Waals surface area contributed by atoms with E-state index in [1.807, 2.05) is 0 Å². The van der Waals surface area contributed by atoms with Gasteiger partial charge in [0, 0.05) is 11.3 Å². The first-order valence-corrected chi connectivity index (χ1v) is 5.26. The molecule has 0 aromatic heterocycles. The third kappa shape index (κ3) is 2.64. The summed E-state index contributed by atoms with van der Waals surface area (Å²) in [6.45, 7) is 2.49. The monoisotopic (exact) mass is 257 g/mol. The molecule has 0 unspecified atom stereocenters. The molecule has 1 rings (SSSR count). The van der Waals surface area contributed by atoms with E-state index in [2.05, 4.69) is 4.74 Å². The molecule has 6 heteroatoms. The molecule has 0 aliphatic heterocycles. The van der Waals surface area contributed by atoms with Crippen LogP contribution >= 0.6 is 0 Å². The Bertz CT molecular complexity index is 486. The summed E-state index contributed by atoms with van der Waals surface area (Å²) in [5.74, 6) is -5.95. The number of hydrogen-bond acceptors (Lipinski definition) is 4. The molecule has 1 aromatic rings. The number of benzene rings is 1. The van der Waals surface area contributed by atoms with Crippen LogP contribution < -0.4 is 5.73 Å². The molecular formula is C12H13F2NO3. The Morgan fingerprint density at radius 3 is 2.50 bits per heavy atom. The van der Waals surface area contributed by atoms with Crippen LogP contribution in [0.2, 0.25) is 0 Å². The Morgan fingerprint density at radius 2 is 2.00 bits per heavy atom. The van der Waals surface area contributed by atoms with Gasteiger partial charge in [0.25, 0.3) is 0 Å². The van der Waals surface area contributed by atoms with Crippen LogP contribution in [0.1, 0.15) is 29.8 Å². The summed E-state index contributed by atoms with van der Waals surface area (Å²) in [4.78, 5) is 22.3. The van der Waals surface area contributed by atoms with Crippen LogP contribution in [0.25, 0.3) is 0 Å². The van der Waals surface area contributed by atoms with E-state index in [9.17, 15) is 18.4 Å². The first-order valence-electron chi connectivity index (χ1n) is 5.26. The molecule has 0 atom stereocenters. The Morgan fingerprint density at radius 1 is 1.39 bits per heavy atom.